The zero-order valence-electron chi connectivity index (χ0n) is 17.5. The van der Waals surface area contributed by atoms with Crippen molar-refractivity contribution in [1.82, 2.24) is 5.32 Å². The molecule has 4 nitrogen and oxygen atoms in total. The van der Waals surface area contributed by atoms with Gasteiger partial charge in [-0.1, -0.05) is 43.6 Å². The Kier molecular flexibility index (Phi) is 7.43. The van der Waals surface area contributed by atoms with E-state index < -0.39 is 6.10 Å². The Bertz CT molecular complexity index is 801. The number of nitrogens with zero attached hydrogens (tertiary/aromatic N) is 1. The van der Waals surface area contributed by atoms with Gasteiger partial charge in [-0.2, -0.15) is 0 Å². The number of carbonyl (C=O) groups is 1. The maximum Gasteiger partial charge on any atom is 0.261 e. The van der Waals surface area contributed by atoms with Crippen LogP contribution in [0.1, 0.15) is 51.6 Å². The molecule has 0 spiro atoms. The fraction of sp³-hybridized carbons (Fsp3) is 0.458. The van der Waals surface area contributed by atoms with Crippen LogP contribution in [0.15, 0.2) is 48.5 Å². The molecule has 1 N–H and O–H groups in total. The number of rotatable bonds is 7. The van der Waals surface area contributed by atoms with Crippen LogP contribution in [0.3, 0.4) is 0 Å². The monoisotopic (exact) mass is 414 g/mol. The van der Waals surface area contributed by atoms with E-state index in [2.05, 4.69) is 41.4 Å². The van der Waals surface area contributed by atoms with Gasteiger partial charge < -0.3 is 15.0 Å². The first-order valence-electron chi connectivity index (χ1n) is 10.5. The van der Waals surface area contributed by atoms with Gasteiger partial charge >= 0.3 is 0 Å². The number of benzene rings is 2. The van der Waals surface area contributed by atoms with E-state index in [0.29, 0.717) is 17.2 Å². The molecule has 1 amide bonds. The van der Waals surface area contributed by atoms with Crippen molar-refractivity contribution in [2.45, 2.75) is 52.2 Å². The van der Waals surface area contributed by atoms with Gasteiger partial charge in [0.25, 0.3) is 5.91 Å². The van der Waals surface area contributed by atoms with Gasteiger partial charge in [0, 0.05) is 23.8 Å². The van der Waals surface area contributed by atoms with E-state index in [1.807, 2.05) is 26.0 Å². The zero-order valence-corrected chi connectivity index (χ0v) is 18.3. The van der Waals surface area contributed by atoms with Crippen LogP contribution in [0.4, 0.5) is 5.69 Å². The van der Waals surface area contributed by atoms with Crippen LogP contribution >= 0.6 is 11.6 Å². The Morgan fingerprint density at radius 2 is 1.90 bits per heavy atom. The van der Waals surface area contributed by atoms with Crippen molar-refractivity contribution in [2.75, 3.05) is 18.0 Å². The number of nitrogens with one attached hydrogen (secondary N) is 1. The minimum Gasteiger partial charge on any atom is -0.481 e. The van der Waals surface area contributed by atoms with Gasteiger partial charge in [-0.3, -0.25) is 4.79 Å². The predicted molar refractivity (Wildman–Crippen MR) is 120 cm³/mol. The molecule has 156 valence electrons. The number of anilines is 1. The Hall–Kier alpha value is -2.20. The van der Waals surface area contributed by atoms with Crippen molar-refractivity contribution in [2.24, 2.45) is 5.92 Å². The maximum atomic E-state index is 12.7. The Morgan fingerprint density at radius 1 is 1.21 bits per heavy atom. The van der Waals surface area contributed by atoms with E-state index >= 15 is 0 Å². The summed E-state index contributed by atoms with van der Waals surface area (Å²) in [6.45, 7) is 8.50. The lowest BCUT2D eigenvalue weighted by Gasteiger charge is -2.32. The van der Waals surface area contributed by atoms with Crippen molar-refractivity contribution < 1.29 is 9.53 Å². The summed E-state index contributed by atoms with van der Waals surface area (Å²) < 4.78 is 5.85. The first-order valence-corrected chi connectivity index (χ1v) is 10.9. The van der Waals surface area contributed by atoms with Crippen molar-refractivity contribution in [3.05, 3.63) is 59.1 Å². The van der Waals surface area contributed by atoms with Crippen LogP contribution in [0.2, 0.25) is 5.02 Å². The van der Waals surface area contributed by atoms with Crippen molar-refractivity contribution in [1.29, 1.82) is 0 Å². The Labute approximate surface area is 179 Å². The highest BCUT2D eigenvalue weighted by atomic mass is 35.5. The molecule has 1 heterocycles. The number of hydrogen-bond acceptors (Lipinski definition) is 3. The van der Waals surface area contributed by atoms with E-state index in [1.54, 1.807) is 12.1 Å². The summed E-state index contributed by atoms with van der Waals surface area (Å²) in [5, 5.41) is 3.67. The molecule has 29 heavy (non-hydrogen) atoms. The van der Waals surface area contributed by atoms with E-state index in [0.717, 1.165) is 24.6 Å². The minimum atomic E-state index is -0.550. The lowest BCUT2D eigenvalue weighted by Crippen LogP contribution is -2.39. The molecular weight excluding hydrogens is 384 g/mol. The number of halogens is 1. The van der Waals surface area contributed by atoms with E-state index in [1.165, 1.54) is 18.5 Å². The Morgan fingerprint density at radius 3 is 2.52 bits per heavy atom. The average Bonchev–Trinajstić information content (AvgIpc) is 2.72. The SMILES string of the molecule is CC[C@@H](Oc1cccc(Cl)c1)C(=O)N[C@H](C)c1ccc(N2CCC(C)CC2)cc1. The molecule has 2 aromatic rings. The van der Waals surface area contributed by atoms with Crippen LogP contribution in [0, 0.1) is 5.92 Å². The van der Waals surface area contributed by atoms with Crippen LogP contribution in [0.25, 0.3) is 0 Å². The second kappa shape index (κ2) is 10.0. The molecule has 0 aromatic heterocycles. The quantitative estimate of drug-likeness (QED) is 0.640. The molecule has 1 fully saturated rings. The number of hydrogen-bond donors (Lipinski definition) is 1. The average molecular weight is 415 g/mol. The third kappa shape index (κ3) is 5.89. The van der Waals surface area contributed by atoms with Crippen LogP contribution in [-0.4, -0.2) is 25.1 Å². The summed E-state index contributed by atoms with van der Waals surface area (Å²) >= 11 is 6.01. The molecular formula is C24H31ClN2O2. The molecule has 0 aliphatic carbocycles. The summed E-state index contributed by atoms with van der Waals surface area (Å²) in [5.74, 6) is 1.31. The van der Waals surface area contributed by atoms with E-state index in [9.17, 15) is 4.79 Å². The summed E-state index contributed by atoms with van der Waals surface area (Å²) in [7, 11) is 0. The molecule has 1 saturated heterocycles. The lowest BCUT2D eigenvalue weighted by molar-refractivity contribution is -0.128. The molecule has 5 heteroatoms. The maximum absolute atomic E-state index is 12.7. The fourth-order valence-electron chi connectivity index (χ4n) is 3.66. The zero-order chi connectivity index (χ0) is 20.8. The minimum absolute atomic E-state index is 0.0880. The summed E-state index contributed by atoms with van der Waals surface area (Å²) in [4.78, 5) is 15.2. The molecule has 0 radical (unpaired) electrons. The smallest absolute Gasteiger partial charge is 0.261 e. The standard InChI is InChI=1S/C24H31ClN2O2/c1-4-23(29-22-7-5-6-20(25)16-22)24(28)26-18(3)19-8-10-21(11-9-19)27-14-12-17(2)13-15-27/h5-11,16-18,23H,4,12-15H2,1-3H3,(H,26,28)/t18-,23-/m1/s1. The van der Waals surface area contributed by atoms with Gasteiger partial charge in [0.2, 0.25) is 0 Å². The predicted octanol–water partition coefficient (Wildman–Crippen LogP) is 5.61. The normalized spacial score (nSPS) is 16.9. The van der Waals surface area contributed by atoms with E-state index in [4.69, 9.17) is 16.3 Å². The summed E-state index contributed by atoms with van der Waals surface area (Å²) in [6, 6.07) is 15.6. The number of piperidine rings is 1. The third-order valence-corrected chi connectivity index (χ3v) is 5.87. The number of ether oxygens (including phenoxy) is 1. The molecule has 1 aliphatic rings. The summed E-state index contributed by atoms with van der Waals surface area (Å²) in [5.41, 5.74) is 2.35. The largest absolute Gasteiger partial charge is 0.481 e. The van der Waals surface area contributed by atoms with E-state index in [-0.39, 0.29) is 11.9 Å². The third-order valence-electron chi connectivity index (χ3n) is 5.64. The molecule has 0 unspecified atom stereocenters. The van der Waals surface area contributed by atoms with Crippen molar-refractivity contribution in [3.8, 4) is 5.75 Å². The van der Waals surface area contributed by atoms with Crippen LogP contribution in [0.5, 0.6) is 5.75 Å². The first kappa shape index (κ1) is 21.5. The Balaban J connectivity index is 1.58. The fourth-order valence-corrected chi connectivity index (χ4v) is 3.84. The second-order valence-corrected chi connectivity index (χ2v) is 8.40. The van der Waals surface area contributed by atoms with Gasteiger partial charge in [0.1, 0.15) is 5.75 Å². The van der Waals surface area contributed by atoms with Crippen LogP contribution in [-0.2, 0) is 4.79 Å². The van der Waals surface area contributed by atoms with Crippen LogP contribution < -0.4 is 15.0 Å². The second-order valence-electron chi connectivity index (χ2n) is 7.96. The van der Waals surface area contributed by atoms with Gasteiger partial charge in [0.05, 0.1) is 6.04 Å². The lowest BCUT2D eigenvalue weighted by atomic mass is 9.98. The molecule has 0 saturated carbocycles. The van der Waals surface area contributed by atoms with Gasteiger partial charge in [-0.15, -0.1) is 0 Å². The number of carbonyl (C=O) groups excluding carboxylic acids is 1. The van der Waals surface area contributed by atoms with Crippen molar-refractivity contribution in [3.63, 3.8) is 0 Å². The highest BCUT2D eigenvalue weighted by molar-refractivity contribution is 6.30. The highest BCUT2D eigenvalue weighted by Gasteiger charge is 2.21. The first-order chi connectivity index (χ1) is 14.0. The molecule has 1 aliphatic heterocycles. The highest BCUT2D eigenvalue weighted by Crippen LogP contribution is 2.25. The topological polar surface area (TPSA) is 41.6 Å². The molecule has 2 atom stereocenters. The van der Waals surface area contributed by atoms with Gasteiger partial charge in [-0.05, 0) is 68.0 Å². The molecule has 3 rings (SSSR count). The van der Waals surface area contributed by atoms with Crippen molar-refractivity contribution >= 4 is 23.2 Å². The van der Waals surface area contributed by atoms with Gasteiger partial charge in [0.15, 0.2) is 6.10 Å². The number of amides is 1. The molecule has 0 bridgehead atoms. The van der Waals surface area contributed by atoms with Gasteiger partial charge in [-0.25, -0.2) is 0 Å². The summed E-state index contributed by atoms with van der Waals surface area (Å²) in [6.07, 6.45) is 2.53. The molecule has 2 aromatic carbocycles.